The Morgan fingerprint density at radius 3 is 2.61 bits per heavy atom. The van der Waals surface area contributed by atoms with Gasteiger partial charge in [-0.15, -0.1) is 0 Å². The Hall–Kier alpha value is -2.69. The molecule has 0 saturated carbocycles. The number of ether oxygens (including phenoxy) is 2. The number of rotatable bonds is 6. The third-order valence-electron chi connectivity index (χ3n) is 5.58. The Morgan fingerprint density at radius 1 is 1.11 bits per heavy atom. The quantitative estimate of drug-likeness (QED) is 0.780. The van der Waals surface area contributed by atoms with Crippen LogP contribution in [0.4, 0.5) is 4.79 Å². The number of carbonyl (C=O) groups is 1. The number of urea groups is 1. The molecule has 5 nitrogen and oxygen atoms in total. The van der Waals surface area contributed by atoms with E-state index in [1.54, 1.807) is 14.2 Å². The van der Waals surface area contributed by atoms with E-state index in [1.807, 2.05) is 24.3 Å². The van der Waals surface area contributed by atoms with Crippen LogP contribution in [0.2, 0.25) is 0 Å². The van der Waals surface area contributed by atoms with Crippen molar-refractivity contribution in [2.45, 2.75) is 44.6 Å². The first-order valence-electron chi connectivity index (χ1n) is 9.79. The number of carbonyl (C=O) groups excluding carboxylic acids is 1. The number of hydrogen-bond donors (Lipinski definition) is 2. The van der Waals surface area contributed by atoms with Crippen LogP contribution in [0.3, 0.4) is 0 Å². The van der Waals surface area contributed by atoms with Crippen LogP contribution < -0.4 is 20.1 Å². The summed E-state index contributed by atoms with van der Waals surface area (Å²) in [5.41, 5.74) is 3.80. The second-order valence-electron chi connectivity index (χ2n) is 7.90. The van der Waals surface area contributed by atoms with E-state index in [9.17, 15) is 4.79 Å². The minimum Gasteiger partial charge on any atom is -0.493 e. The fourth-order valence-electron chi connectivity index (χ4n) is 3.93. The predicted molar refractivity (Wildman–Crippen MR) is 111 cm³/mol. The van der Waals surface area contributed by atoms with Gasteiger partial charge in [0.15, 0.2) is 11.5 Å². The number of amides is 2. The van der Waals surface area contributed by atoms with Gasteiger partial charge >= 0.3 is 6.03 Å². The minimum absolute atomic E-state index is 0.0605. The van der Waals surface area contributed by atoms with E-state index in [4.69, 9.17) is 9.47 Å². The molecule has 0 heterocycles. The van der Waals surface area contributed by atoms with E-state index in [0.29, 0.717) is 18.0 Å². The van der Waals surface area contributed by atoms with Gasteiger partial charge in [-0.05, 0) is 53.5 Å². The second-order valence-corrected chi connectivity index (χ2v) is 7.90. The molecule has 0 fully saturated rings. The predicted octanol–water partition coefficient (Wildman–Crippen LogP) is 4.36. The maximum Gasteiger partial charge on any atom is 0.315 e. The van der Waals surface area contributed by atoms with Crippen LogP contribution in [0.5, 0.6) is 11.5 Å². The third kappa shape index (κ3) is 4.41. The lowest BCUT2D eigenvalue weighted by Gasteiger charge is -2.37. The van der Waals surface area contributed by atoms with Gasteiger partial charge in [0.25, 0.3) is 0 Å². The summed E-state index contributed by atoms with van der Waals surface area (Å²) in [5, 5.41) is 6.12. The Morgan fingerprint density at radius 2 is 1.86 bits per heavy atom. The first-order valence-corrected chi connectivity index (χ1v) is 9.79. The molecule has 1 atom stereocenters. The third-order valence-corrected chi connectivity index (χ3v) is 5.58. The van der Waals surface area contributed by atoms with Crippen molar-refractivity contribution in [3.63, 3.8) is 0 Å². The van der Waals surface area contributed by atoms with Gasteiger partial charge in [-0.3, -0.25) is 0 Å². The highest BCUT2D eigenvalue weighted by molar-refractivity contribution is 5.74. The van der Waals surface area contributed by atoms with Crippen LogP contribution in [0, 0.1) is 0 Å². The Kier molecular flexibility index (Phi) is 6.12. The summed E-state index contributed by atoms with van der Waals surface area (Å²) in [4.78, 5) is 12.4. The van der Waals surface area contributed by atoms with Crippen molar-refractivity contribution in [2.24, 2.45) is 0 Å². The van der Waals surface area contributed by atoms with Crippen LogP contribution in [0.25, 0.3) is 0 Å². The van der Waals surface area contributed by atoms with Gasteiger partial charge in [0, 0.05) is 6.54 Å². The molecule has 28 heavy (non-hydrogen) atoms. The molecular weight excluding hydrogens is 352 g/mol. The number of benzene rings is 2. The van der Waals surface area contributed by atoms with Crippen LogP contribution in [0.1, 0.15) is 49.4 Å². The van der Waals surface area contributed by atoms with Crippen molar-refractivity contribution in [2.75, 3.05) is 20.8 Å². The number of fused-ring (bicyclic) bond motifs is 1. The maximum atomic E-state index is 12.4. The highest BCUT2D eigenvalue weighted by Gasteiger charge is 2.32. The zero-order valence-corrected chi connectivity index (χ0v) is 17.2. The monoisotopic (exact) mass is 382 g/mol. The Bertz CT molecular complexity index is 832. The SMILES string of the molecule is COc1ccc(CCNC(=O)NC2CCC(C)(C)c3ccccc32)cc1OC. The van der Waals surface area contributed by atoms with Crippen molar-refractivity contribution >= 4 is 6.03 Å². The van der Waals surface area contributed by atoms with E-state index in [0.717, 1.165) is 24.8 Å². The summed E-state index contributed by atoms with van der Waals surface area (Å²) in [5.74, 6) is 1.40. The first-order chi connectivity index (χ1) is 13.4. The van der Waals surface area contributed by atoms with Crippen molar-refractivity contribution in [1.29, 1.82) is 0 Å². The van der Waals surface area contributed by atoms with Crippen LogP contribution in [-0.2, 0) is 11.8 Å². The number of nitrogens with one attached hydrogen (secondary N) is 2. The standard InChI is InChI=1S/C23H30N2O3/c1-23(2)13-11-19(17-7-5-6-8-18(17)23)25-22(26)24-14-12-16-9-10-20(27-3)21(15-16)28-4/h5-10,15,19H,11-14H2,1-4H3,(H2,24,25,26). The second kappa shape index (κ2) is 8.55. The molecule has 5 heteroatoms. The zero-order chi connectivity index (χ0) is 20.1. The normalized spacial score (nSPS) is 17.4. The van der Waals surface area contributed by atoms with Crippen LogP contribution in [-0.4, -0.2) is 26.8 Å². The van der Waals surface area contributed by atoms with Gasteiger partial charge < -0.3 is 20.1 Å². The molecule has 2 amide bonds. The van der Waals surface area contributed by atoms with Gasteiger partial charge in [-0.2, -0.15) is 0 Å². The number of methoxy groups -OCH3 is 2. The lowest BCUT2D eigenvalue weighted by atomic mass is 9.71. The average Bonchev–Trinajstić information content (AvgIpc) is 2.70. The molecule has 1 aliphatic rings. The molecular formula is C23H30N2O3. The van der Waals surface area contributed by atoms with E-state index >= 15 is 0 Å². The molecule has 0 radical (unpaired) electrons. The van der Waals surface area contributed by atoms with E-state index in [-0.39, 0.29) is 17.5 Å². The van der Waals surface area contributed by atoms with Gasteiger partial charge in [0.1, 0.15) is 0 Å². The van der Waals surface area contributed by atoms with Crippen molar-refractivity contribution < 1.29 is 14.3 Å². The highest BCUT2D eigenvalue weighted by Crippen LogP contribution is 2.41. The molecule has 1 unspecified atom stereocenters. The Balaban J connectivity index is 1.55. The summed E-state index contributed by atoms with van der Waals surface area (Å²) in [6, 6.07) is 14.2. The molecule has 1 aliphatic carbocycles. The minimum atomic E-state index is -0.125. The summed E-state index contributed by atoms with van der Waals surface area (Å²) in [6.45, 7) is 5.09. The molecule has 2 N–H and O–H groups in total. The summed E-state index contributed by atoms with van der Waals surface area (Å²) in [6.07, 6.45) is 2.73. The molecule has 150 valence electrons. The molecule has 0 aromatic heterocycles. The number of hydrogen-bond acceptors (Lipinski definition) is 3. The maximum absolute atomic E-state index is 12.4. The van der Waals surface area contributed by atoms with Crippen LogP contribution >= 0.6 is 0 Å². The smallest absolute Gasteiger partial charge is 0.315 e. The van der Waals surface area contributed by atoms with Gasteiger partial charge in [0.05, 0.1) is 20.3 Å². The first kappa shape index (κ1) is 20.1. The van der Waals surface area contributed by atoms with Crippen molar-refractivity contribution in [3.05, 3.63) is 59.2 Å². The van der Waals surface area contributed by atoms with E-state index in [1.165, 1.54) is 11.1 Å². The van der Waals surface area contributed by atoms with Gasteiger partial charge in [-0.25, -0.2) is 4.79 Å². The molecule has 0 bridgehead atoms. The molecule has 2 aromatic rings. The fourth-order valence-corrected chi connectivity index (χ4v) is 3.93. The molecule has 0 aliphatic heterocycles. The van der Waals surface area contributed by atoms with E-state index < -0.39 is 0 Å². The van der Waals surface area contributed by atoms with Gasteiger partial charge in [-0.1, -0.05) is 44.2 Å². The molecule has 2 aromatic carbocycles. The van der Waals surface area contributed by atoms with E-state index in [2.05, 4.69) is 42.7 Å². The fraction of sp³-hybridized carbons (Fsp3) is 0.435. The zero-order valence-electron chi connectivity index (χ0n) is 17.2. The highest BCUT2D eigenvalue weighted by atomic mass is 16.5. The van der Waals surface area contributed by atoms with Gasteiger partial charge in [0.2, 0.25) is 0 Å². The van der Waals surface area contributed by atoms with Crippen LogP contribution in [0.15, 0.2) is 42.5 Å². The average molecular weight is 383 g/mol. The molecule has 0 saturated heterocycles. The molecule has 3 rings (SSSR count). The lowest BCUT2D eigenvalue weighted by molar-refractivity contribution is 0.233. The molecule has 0 spiro atoms. The summed E-state index contributed by atoms with van der Waals surface area (Å²) >= 11 is 0. The summed E-state index contributed by atoms with van der Waals surface area (Å²) < 4.78 is 10.6. The largest absolute Gasteiger partial charge is 0.493 e. The van der Waals surface area contributed by atoms with Crippen molar-refractivity contribution in [3.8, 4) is 11.5 Å². The summed E-state index contributed by atoms with van der Waals surface area (Å²) in [7, 11) is 3.24. The Labute approximate surface area is 167 Å². The lowest BCUT2D eigenvalue weighted by Crippen LogP contribution is -2.41. The topological polar surface area (TPSA) is 59.6 Å². The van der Waals surface area contributed by atoms with Crippen molar-refractivity contribution in [1.82, 2.24) is 10.6 Å².